The molecule has 5 heteroatoms. The first-order valence-electron chi connectivity index (χ1n) is 3.01. The number of amides is 1. The van der Waals surface area contributed by atoms with Crippen molar-refractivity contribution in [3.8, 4) is 0 Å². The molecule has 0 spiro atoms. The lowest BCUT2D eigenvalue weighted by molar-refractivity contribution is 0.100. The lowest BCUT2D eigenvalue weighted by Crippen LogP contribution is -2.09. The van der Waals surface area contributed by atoms with E-state index in [9.17, 15) is 4.79 Å². The van der Waals surface area contributed by atoms with Gasteiger partial charge >= 0.3 is 0 Å². The molecule has 0 aliphatic heterocycles. The molecule has 1 aromatic carbocycles. The van der Waals surface area contributed by atoms with Crippen LogP contribution in [0, 0.1) is 0 Å². The third-order valence-corrected chi connectivity index (χ3v) is 1.06. The predicted octanol–water partition coefficient (Wildman–Crippen LogP) is 2.22. The SMILES string of the molecule is NC(=O)c1ccccc1.O=PCl. The van der Waals surface area contributed by atoms with E-state index in [0.29, 0.717) is 5.56 Å². The molecule has 0 radical (unpaired) electrons. The van der Waals surface area contributed by atoms with Gasteiger partial charge in [0.1, 0.15) is 0 Å². The summed E-state index contributed by atoms with van der Waals surface area (Å²) in [5.41, 5.74) is 5.53. The van der Waals surface area contributed by atoms with E-state index in [1.165, 1.54) is 0 Å². The Morgan fingerprint density at radius 1 is 1.33 bits per heavy atom. The van der Waals surface area contributed by atoms with Crippen molar-refractivity contribution in [1.29, 1.82) is 0 Å². The molecular weight excluding hydrogens is 197 g/mol. The highest BCUT2D eigenvalue weighted by molar-refractivity contribution is 7.57. The average molecular weight is 204 g/mol. The molecule has 1 rings (SSSR count). The second-order valence-corrected chi connectivity index (χ2v) is 2.35. The molecule has 0 atom stereocenters. The van der Waals surface area contributed by atoms with E-state index in [4.69, 9.17) is 10.3 Å². The van der Waals surface area contributed by atoms with Crippen molar-refractivity contribution >= 4 is 25.0 Å². The summed E-state index contributed by atoms with van der Waals surface area (Å²) in [5, 5.41) is 0. The van der Waals surface area contributed by atoms with Gasteiger partial charge in [0, 0.05) is 5.56 Å². The molecule has 0 aliphatic carbocycles. The maximum absolute atomic E-state index is 10.4. The Morgan fingerprint density at radius 3 is 2.00 bits per heavy atom. The molecule has 0 saturated heterocycles. The number of rotatable bonds is 1. The van der Waals surface area contributed by atoms with Crippen LogP contribution in [0.25, 0.3) is 0 Å². The Hall–Kier alpha value is -0.920. The number of hydrogen-bond acceptors (Lipinski definition) is 2. The zero-order valence-electron chi connectivity index (χ0n) is 6.11. The second kappa shape index (κ2) is 6.77. The summed E-state index contributed by atoms with van der Waals surface area (Å²) in [6.45, 7) is 0. The summed E-state index contributed by atoms with van der Waals surface area (Å²) in [6, 6.07) is 8.76. The lowest BCUT2D eigenvalue weighted by atomic mass is 10.2. The standard InChI is InChI=1S/C7H7NO.ClOP/c8-7(9)6-4-2-1-3-5-6;1-3-2/h1-5H,(H2,8,9);. The Kier molecular flexibility index (Phi) is 6.25. The number of nitrogens with two attached hydrogens (primary N) is 1. The van der Waals surface area contributed by atoms with Crippen LogP contribution in [-0.4, -0.2) is 5.91 Å². The Bertz CT molecular complexity index is 253. The molecule has 64 valence electrons. The van der Waals surface area contributed by atoms with Gasteiger partial charge in [-0.1, -0.05) is 18.2 Å². The van der Waals surface area contributed by atoms with Gasteiger partial charge < -0.3 is 5.73 Å². The van der Waals surface area contributed by atoms with Gasteiger partial charge in [-0.05, 0) is 23.4 Å². The first-order chi connectivity index (χ1) is 5.72. The Labute approximate surface area is 76.5 Å². The Balaban J connectivity index is 0.000000354. The summed E-state index contributed by atoms with van der Waals surface area (Å²) in [4.78, 5) is 10.4. The highest BCUT2D eigenvalue weighted by Crippen LogP contribution is 1.94. The molecule has 0 aromatic heterocycles. The summed E-state index contributed by atoms with van der Waals surface area (Å²) >= 11 is 4.42. The van der Waals surface area contributed by atoms with Gasteiger partial charge in [0.25, 0.3) is 7.81 Å². The largest absolute Gasteiger partial charge is 0.366 e. The molecule has 0 saturated carbocycles. The molecule has 3 nitrogen and oxygen atoms in total. The summed E-state index contributed by atoms with van der Waals surface area (Å²) < 4.78 is 8.67. The number of primary amides is 1. The number of carbonyl (C=O) groups is 1. The zero-order chi connectivity index (χ0) is 9.40. The molecule has 1 aromatic rings. The molecule has 0 aliphatic rings. The summed E-state index contributed by atoms with van der Waals surface area (Å²) in [6.07, 6.45) is 0. The van der Waals surface area contributed by atoms with Crippen molar-refractivity contribution in [2.24, 2.45) is 5.73 Å². The van der Waals surface area contributed by atoms with E-state index in [2.05, 4.69) is 11.2 Å². The second-order valence-electron chi connectivity index (χ2n) is 1.80. The fraction of sp³-hybridized carbons (Fsp3) is 0. The van der Waals surface area contributed by atoms with Crippen molar-refractivity contribution in [3.05, 3.63) is 35.9 Å². The van der Waals surface area contributed by atoms with Gasteiger partial charge in [-0.15, -0.1) is 0 Å². The van der Waals surface area contributed by atoms with Crippen molar-refractivity contribution in [1.82, 2.24) is 0 Å². The van der Waals surface area contributed by atoms with E-state index in [0.717, 1.165) is 0 Å². The summed E-state index contributed by atoms with van der Waals surface area (Å²) in [7, 11) is -0.361. The van der Waals surface area contributed by atoms with Crippen molar-refractivity contribution in [3.63, 3.8) is 0 Å². The van der Waals surface area contributed by atoms with Gasteiger partial charge in [0.2, 0.25) is 5.91 Å². The minimum Gasteiger partial charge on any atom is -0.366 e. The number of hydrogen-bond donors (Lipinski definition) is 1. The zero-order valence-corrected chi connectivity index (χ0v) is 7.76. The first-order valence-corrected chi connectivity index (χ1v) is 4.72. The van der Waals surface area contributed by atoms with Gasteiger partial charge in [-0.25, -0.2) is 0 Å². The molecule has 2 N–H and O–H groups in total. The monoisotopic (exact) mass is 203 g/mol. The van der Waals surface area contributed by atoms with Crippen molar-refractivity contribution in [2.45, 2.75) is 0 Å². The molecule has 0 unspecified atom stereocenters. The lowest BCUT2D eigenvalue weighted by Gasteiger charge is -1.89. The topological polar surface area (TPSA) is 60.2 Å². The molecule has 12 heavy (non-hydrogen) atoms. The smallest absolute Gasteiger partial charge is 0.267 e. The van der Waals surface area contributed by atoms with Crippen LogP contribution in [0.15, 0.2) is 30.3 Å². The molecule has 0 heterocycles. The van der Waals surface area contributed by atoms with Crippen LogP contribution in [0.1, 0.15) is 10.4 Å². The molecule has 0 bridgehead atoms. The van der Waals surface area contributed by atoms with Crippen LogP contribution in [0.2, 0.25) is 0 Å². The summed E-state index contributed by atoms with van der Waals surface area (Å²) in [5.74, 6) is -0.379. The number of carbonyl (C=O) groups excluding carboxylic acids is 1. The van der Waals surface area contributed by atoms with E-state index >= 15 is 0 Å². The highest BCUT2D eigenvalue weighted by Gasteiger charge is 1.93. The first kappa shape index (κ1) is 11.1. The predicted molar refractivity (Wildman–Crippen MR) is 48.4 cm³/mol. The van der Waals surface area contributed by atoms with Crippen molar-refractivity contribution in [2.75, 3.05) is 0 Å². The maximum Gasteiger partial charge on any atom is 0.267 e. The van der Waals surface area contributed by atoms with Crippen LogP contribution in [-0.2, 0) is 4.57 Å². The van der Waals surface area contributed by atoms with Gasteiger partial charge in [-0.3, -0.25) is 9.36 Å². The third kappa shape index (κ3) is 4.83. The molecule has 0 fully saturated rings. The van der Waals surface area contributed by atoms with Crippen molar-refractivity contribution < 1.29 is 9.36 Å². The quantitative estimate of drug-likeness (QED) is 0.712. The van der Waals surface area contributed by atoms with E-state index in [1.54, 1.807) is 24.3 Å². The fourth-order valence-corrected chi connectivity index (χ4v) is 0.602. The van der Waals surface area contributed by atoms with E-state index < -0.39 is 0 Å². The van der Waals surface area contributed by atoms with E-state index in [-0.39, 0.29) is 13.7 Å². The molecular formula is C7H7ClNO2P. The van der Waals surface area contributed by atoms with Crippen LogP contribution in [0.3, 0.4) is 0 Å². The van der Waals surface area contributed by atoms with Crippen LogP contribution >= 0.6 is 19.1 Å². The van der Waals surface area contributed by atoms with Gasteiger partial charge in [0.05, 0.1) is 0 Å². The Morgan fingerprint density at radius 2 is 1.75 bits per heavy atom. The van der Waals surface area contributed by atoms with Crippen LogP contribution < -0.4 is 5.73 Å². The van der Waals surface area contributed by atoms with Crippen LogP contribution in [0.4, 0.5) is 0 Å². The number of halogens is 1. The minimum absolute atomic E-state index is 0.361. The fourth-order valence-electron chi connectivity index (χ4n) is 0.602. The highest BCUT2D eigenvalue weighted by atomic mass is 35.7. The molecule has 1 amide bonds. The maximum atomic E-state index is 10.4. The average Bonchev–Trinajstić information content (AvgIpc) is 2.07. The van der Waals surface area contributed by atoms with Gasteiger partial charge in [0.15, 0.2) is 0 Å². The normalized spacial score (nSPS) is 8.42. The third-order valence-electron chi connectivity index (χ3n) is 1.06. The van der Waals surface area contributed by atoms with Gasteiger partial charge in [-0.2, -0.15) is 0 Å². The minimum atomic E-state index is -0.379. The van der Waals surface area contributed by atoms with Crippen LogP contribution in [0.5, 0.6) is 0 Å². The van der Waals surface area contributed by atoms with E-state index in [1.807, 2.05) is 6.07 Å². The number of benzene rings is 1.